The average Bonchev–Trinajstić information content (AvgIpc) is 3.00. The van der Waals surface area contributed by atoms with Crippen molar-refractivity contribution in [3.05, 3.63) is 0 Å². The van der Waals surface area contributed by atoms with E-state index >= 15 is 0 Å². The maximum atomic E-state index is 5.56. The summed E-state index contributed by atoms with van der Waals surface area (Å²) in [5.41, 5.74) is 0. The molecule has 0 unspecified atom stereocenters. The fourth-order valence-corrected chi connectivity index (χ4v) is 3.70. The molecule has 0 atom stereocenters. The molecule has 10 nitrogen and oxygen atoms in total. The molecule has 10 heteroatoms. The van der Waals surface area contributed by atoms with Gasteiger partial charge in [-0.1, -0.05) is 65.2 Å². The second kappa shape index (κ2) is 40.6. The van der Waals surface area contributed by atoms with Crippen LogP contribution in [0.15, 0.2) is 0 Å². The monoisotopic (exact) mass is 610 g/mol. The molecule has 0 aliphatic rings. The van der Waals surface area contributed by atoms with Crippen LogP contribution in [0, 0.1) is 0 Å². The summed E-state index contributed by atoms with van der Waals surface area (Å²) >= 11 is 0. The lowest BCUT2D eigenvalue weighted by atomic mass is 10.2. The third kappa shape index (κ3) is 39.6. The van der Waals surface area contributed by atoms with Crippen molar-refractivity contribution in [1.29, 1.82) is 0 Å². The van der Waals surface area contributed by atoms with Gasteiger partial charge in [-0.15, -0.1) is 0 Å². The van der Waals surface area contributed by atoms with Crippen molar-refractivity contribution in [2.24, 2.45) is 0 Å². The van der Waals surface area contributed by atoms with Crippen LogP contribution in [0.25, 0.3) is 0 Å². The van der Waals surface area contributed by atoms with Crippen molar-refractivity contribution in [2.75, 3.05) is 132 Å². The summed E-state index contributed by atoms with van der Waals surface area (Å²) in [6.45, 7) is 16.3. The first-order chi connectivity index (χ1) is 20.9. The molecular weight excluding hydrogens is 544 g/mol. The fourth-order valence-electron chi connectivity index (χ4n) is 3.70. The Morgan fingerprint density at radius 1 is 0.190 bits per heavy atom. The van der Waals surface area contributed by atoms with E-state index in [-0.39, 0.29) is 0 Å². The molecule has 0 aromatic carbocycles. The van der Waals surface area contributed by atoms with Crippen LogP contribution in [-0.4, -0.2) is 132 Å². The summed E-state index contributed by atoms with van der Waals surface area (Å²) in [5.74, 6) is 0. The third-order valence-electron chi connectivity index (χ3n) is 6.13. The highest BCUT2D eigenvalue weighted by Crippen LogP contribution is 2.03. The van der Waals surface area contributed by atoms with Gasteiger partial charge in [0.15, 0.2) is 0 Å². The Morgan fingerprint density at radius 2 is 0.357 bits per heavy atom. The van der Waals surface area contributed by atoms with Gasteiger partial charge in [-0.2, -0.15) is 0 Å². The van der Waals surface area contributed by atoms with E-state index in [1.54, 1.807) is 0 Å². The number of hydrogen-bond acceptors (Lipinski definition) is 10. The van der Waals surface area contributed by atoms with E-state index < -0.39 is 0 Å². The number of rotatable bonds is 39. The smallest absolute Gasteiger partial charge is 0.0701 e. The highest BCUT2D eigenvalue weighted by Gasteiger charge is 1.96. The zero-order valence-corrected chi connectivity index (χ0v) is 27.3. The van der Waals surface area contributed by atoms with E-state index in [1.165, 1.54) is 51.4 Å². The van der Waals surface area contributed by atoms with Crippen molar-refractivity contribution < 1.29 is 47.4 Å². The van der Waals surface area contributed by atoms with Crippen LogP contribution in [0.5, 0.6) is 0 Å². The van der Waals surface area contributed by atoms with Crippen LogP contribution >= 0.6 is 0 Å². The maximum Gasteiger partial charge on any atom is 0.0701 e. The largest absolute Gasteiger partial charge is 0.379 e. The first-order valence-corrected chi connectivity index (χ1v) is 16.7. The lowest BCUT2D eigenvalue weighted by molar-refractivity contribution is -0.0264. The summed E-state index contributed by atoms with van der Waals surface area (Å²) in [6.07, 6.45) is 12.6. The lowest BCUT2D eigenvalue weighted by Crippen LogP contribution is -2.15. The molecule has 0 aliphatic carbocycles. The van der Waals surface area contributed by atoms with Gasteiger partial charge in [-0.3, -0.25) is 0 Å². The first-order valence-electron chi connectivity index (χ1n) is 16.7. The van der Waals surface area contributed by atoms with Gasteiger partial charge in [-0.05, 0) is 12.8 Å². The number of unbranched alkanes of at least 4 members (excludes halogenated alkanes) is 8. The summed E-state index contributed by atoms with van der Waals surface area (Å²) < 4.78 is 55.1. The van der Waals surface area contributed by atoms with Crippen molar-refractivity contribution >= 4 is 0 Å². The van der Waals surface area contributed by atoms with E-state index in [1.807, 2.05) is 0 Å². The lowest BCUT2D eigenvalue weighted by Gasteiger charge is -2.09. The minimum atomic E-state index is 0.535. The van der Waals surface area contributed by atoms with E-state index in [4.69, 9.17) is 47.4 Å². The summed E-state index contributed by atoms with van der Waals surface area (Å²) in [7, 11) is 0. The van der Waals surface area contributed by atoms with Crippen molar-refractivity contribution in [1.82, 2.24) is 0 Å². The van der Waals surface area contributed by atoms with Crippen LogP contribution < -0.4 is 0 Å². The van der Waals surface area contributed by atoms with E-state index in [9.17, 15) is 0 Å². The van der Waals surface area contributed by atoms with Crippen LogP contribution in [0.3, 0.4) is 0 Å². The second-order valence-electron chi connectivity index (χ2n) is 9.95. The molecule has 0 saturated heterocycles. The molecule has 0 N–H and O–H groups in total. The van der Waals surface area contributed by atoms with Crippen LogP contribution in [0.1, 0.15) is 78.1 Å². The molecule has 0 heterocycles. The Hall–Kier alpha value is -0.400. The molecule has 42 heavy (non-hydrogen) atoms. The van der Waals surface area contributed by atoms with E-state index in [2.05, 4.69) is 13.8 Å². The normalized spacial score (nSPS) is 11.6. The molecule has 0 aliphatic heterocycles. The van der Waals surface area contributed by atoms with Gasteiger partial charge in [-0.25, -0.2) is 0 Å². The van der Waals surface area contributed by atoms with Gasteiger partial charge in [0.25, 0.3) is 0 Å². The van der Waals surface area contributed by atoms with Gasteiger partial charge in [0.1, 0.15) is 0 Å². The molecule has 0 spiro atoms. The van der Waals surface area contributed by atoms with E-state index in [0.29, 0.717) is 119 Å². The number of hydrogen-bond donors (Lipinski definition) is 0. The number of ether oxygens (including phenoxy) is 10. The molecule has 0 amide bonds. The van der Waals surface area contributed by atoms with Gasteiger partial charge < -0.3 is 47.4 Å². The summed E-state index contributed by atoms with van der Waals surface area (Å²) in [6, 6.07) is 0. The maximum absolute atomic E-state index is 5.56. The quantitative estimate of drug-likeness (QED) is 0.0876. The molecule has 0 fully saturated rings. The third-order valence-corrected chi connectivity index (χ3v) is 6.13. The molecule has 254 valence electrons. The predicted molar refractivity (Wildman–Crippen MR) is 166 cm³/mol. The Kier molecular flexibility index (Phi) is 40.2. The van der Waals surface area contributed by atoms with E-state index in [0.717, 1.165) is 26.1 Å². The van der Waals surface area contributed by atoms with Crippen molar-refractivity contribution in [3.63, 3.8) is 0 Å². The van der Waals surface area contributed by atoms with Gasteiger partial charge >= 0.3 is 0 Å². The fraction of sp³-hybridized carbons (Fsp3) is 1.00. The Balaban J connectivity index is 3.02. The zero-order chi connectivity index (χ0) is 30.3. The highest BCUT2D eigenvalue weighted by molar-refractivity contribution is 4.43. The first kappa shape index (κ1) is 41.6. The highest BCUT2D eigenvalue weighted by atomic mass is 16.6. The summed E-state index contributed by atoms with van der Waals surface area (Å²) in [5, 5.41) is 0. The van der Waals surface area contributed by atoms with Crippen LogP contribution in [0.2, 0.25) is 0 Å². The topological polar surface area (TPSA) is 92.3 Å². The Morgan fingerprint density at radius 3 is 0.548 bits per heavy atom. The molecule has 0 radical (unpaired) electrons. The molecule has 0 bridgehead atoms. The predicted octanol–water partition coefficient (Wildman–Crippen LogP) is 5.09. The minimum Gasteiger partial charge on any atom is -0.379 e. The molecular formula is C32H66O10. The van der Waals surface area contributed by atoms with Crippen molar-refractivity contribution in [2.45, 2.75) is 78.1 Å². The molecule has 0 aromatic heterocycles. The van der Waals surface area contributed by atoms with Gasteiger partial charge in [0, 0.05) is 13.2 Å². The molecule has 0 saturated carbocycles. The van der Waals surface area contributed by atoms with Crippen LogP contribution in [0.4, 0.5) is 0 Å². The standard InChI is InChI=1S/C32H66O10/c1-3-5-7-9-11-13-33-15-17-35-19-21-37-23-25-39-27-29-41-31-32-42-30-28-40-26-24-38-22-20-36-18-16-34-14-12-10-8-6-4-2/h3-32H2,1-2H3. The zero-order valence-electron chi connectivity index (χ0n) is 27.3. The Bertz CT molecular complexity index is 419. The van der Waals surface area contributed by atoms with Gasteiger partial charge in [0.05, 0.1) is 119 Å². The minimum absolute atomic E-state index is 0.535. The average molecular weight is 611 g/mol. The second-order valence-corrected chi connectivity index (χ2v) is 9.95. The SMILES string of the molecule is CCCCCCCOCCOCCOCCOCCOCCOCCOCCOCCOCCOCCCCCCC. The Labute approximate surface area is 257 Å². The van der Waals surface area contributed by atoms with Crippen molar-refractivity contribution in [3.8, 4) is 0 Å². The summed E-state index contributed by atoms with van der Waals surface area (Å²) in [4.78, 5) is 0. The molecule has 0 rings (SSSR count). The molecule has 0 aromatic rings. The van der Waals surface area contributed by atoms with Gasteiger partial charge in [0.2, 0.25) is 0 Å². The van der Waals surface area contributed by atoms with Crippen LogP contribution in [-0.2, 0) is 47.4 Å².